The molecule has 3 heteroatoms. The van der Waals surface area contributed by atoms with Crippen molar-refractivity contribution in [1.82, 2.24) is 4.90 Å². The summed E-state index contributed by atoms with van der Waals surface area (Å²) in [6.45, 7) is 18.6. The topological polar surface area (TPSA) is 32.7 Å². The number of ether oxygens (including phenoxy) is 1. The Balaban J connectivity index is 1.55. The quantitative estimate of drug-likeness (QED) is 0.277. The van der Waals surface area contributed by atoms with E-state index in [1.807, 2.05) is 0 Å². The van der Waals surface area contributed by atoms with Crippen LogP contribution in [0.2, 0.25) is 0 Å². The molecule has 1 aliphatic heterocycles. The summed E-state index contributed by atoms with van der Waals surface area (Å²) in [4.78, 5) is 2.55. The average Bonchev–Trinajstić information content (AvgIpc) is 2.77. The van der Waals surface area contributed by atoms with E-state index in [9.17, 15) is 5.11 Å². The Bertz CT molecular complexity index is 657. The van der Waals surface area contributed by atoms with Crippen molar-refractivity contribution in [3.05, 3.63) is 28.8 Å². The summed E-state index contributed by atoms with van der Waals surface area (Å²) in [6, 6.07) is 4.51. The zero-order chi connectivity index (χ0) is 25.0. The van der Waals surface area contributed by atoms with Crippen LogP contribution in [0.25, 0.3) is 0 Å². The molecule has 2 rings (SSSR count). The van der Waals surface area contributed by atoms with Crippen molar-refractivity contribution in [2.24, 2.45) is 0 Å². The lowest BCUT2D eigenvalue weighted by Crippen LogP contribution is -2.36. The van der Waals surface area contributed by atoms with Gasteiger partial charge in [-0.2, -0.15) is 0 Å². The SMILES string of the molecule is CC(C)(C)c1cc(CCCCCCCCCCCCCN2CCOCC2)cc(C(C)(C)C)c1O. The zero-order valence-corrected chi connectivity index (χ0v) is 23.5. The molecule has 1 saturated heterocycles. The highest BCUT2D eigenvalue weighted by Crippen LogP contribution is 2.40. The second-order valence-electron chi connectivity index (χ2n) is 12.6. The first-order chi connectivity index (χ1) is 16.1. The van der Waals surface area contributed by atoms with Gasteiger partial charge in [-0.1, -0.05) is 111 Å². The minimum absolute atomic E-state index is 0.0389. The van der Waals surface area contributed by atoms with E-state index in [4.69, 9.17) is 4.74 Å². The Morgan fingerprint density at radius 2 is 1.09 bits per heavy atom. The first-order valence-electron chi connectivity index (χ1n) is 14.3. The lowest BCUT2D eigenvalue weighted by atomic mass is 9.78. The maximum Gasteiger partial charge on any atom is 0.123 e. The lowest BCUT2D eigenvalue weighted by molar-refractivity contribution is 0.0371. The van der Waals surface area contributed by atoms with Crippen LogP contribution < -0.4 is 0 Å². The Hall–Kier alpha value is -1.06. The molecule has 1 aliphatic rings. The van der Waals surface area contributed by atoms with Gasteiger partial charge in [0.15, 0.2) is 0 Å². The standard InChI is InChI=1S/C31H55NO2/c1-30(2,3)27-24-26(25-28(29(27)33)31(4,5)6)18-16-14-12-10-8-7-9-11-13-15-17-19-32-20-22-34-23-21-32/h24-25,33H,7-23H2,1-6H3. The van der Waals surface area contributed by atoms with Crippen LogP contribution in [-0.4, -0.2) is 42.9 Å². The molecule has 1 aromatic rings. The van der Waals surface area contributed by atoms with E-state index >= 15 is 0 Å². The number of aryl methyl sites for hydroxylation is 1. The fourth-order valence-corrected chi connectivity index (χ4v) is 5.06. The van der Waals surface area contributed by atoms with Gasteiger partial charge in [-0.25, -0.2) is 0 Å². The van der Waals surface area contributed by atoms with Crippen molar-refractivity contribution in [2.45, 2.75) is 129 Å². The smallest absolute Gasteiger partial charge is 0.123 e. The Morgan fingerprint density at radius 1 is 0.676 bits per heavy atom. The number of nitrogens with zero attached hydrogens (tertiary/aromatic N) is 1. The van der Waals surface area contributed by atoms with Gasteiger partial charge in [-0.15, -0.1) is 0 Å². The minimum Gasteiger partial charge on any atom is -0.507 e. The summed E-state index contributed by atoms with van der Waals surface area (Å²) in [5.41, 5.74) is 3.50. The highest BCUT2D eigenvalue weighted by molar-refractivity contribution is 5.49. The largest absolute Gasteiger partial charge is 0.507 e. The van der Waals surface area contributed by atoms with Gasteiger partial charge in [0.25, 0.3) is 0 Å². The molecule has 0 aromatic heterocycles. The summed E-state index contributed by atoms with van der Waals surface area (Å²) < 4.78 is 5.42. The normalized spacial score (nSPS) is 15.7. The van der Waals surface area contributed by atoms with E-state index in [2.05, 4.69) is 58.6 Å². The molecule has 0 radical (unpaired) electrons. The number of hydrogen-bond donors (Lipinski definition) is 1. The number of phenols is 1. The molecule has 1 N–H and O–H groups in total. The zero-order valence-electron chi connectivity index (χ0n) is 23.5. The van der Waals surface area contributed by atoms with E-state index in [0.717, 1.165) is 43.9 Å². The van der Waals surface area contributed by atoms with E-state index < -0.39 is 0 Å². The third-order valence-electron chi connectivity index (χ3n) is 7.33. The van der Waals surface area contributed by atoms with E-state index in [1.54, 1.807) is 0 Å². The molecule has 0 amide bonds. The number of hydrogen-bond acceptors (Lipinski definition) is 3. The van der Waals surface area contributed by atoms with E-state index in [0.29, 0.717) is 5.75 Å². The molecule has 1 fully saturated rings. The molecule has 0 saturated carbocycles. The van der Waals surface area contributed by atoms with Crippen LogP contribution in [0.15, 0.2) is 12.1 Å². The van der Waals surface area contributed by atoms with E-state index in [1.165, 1.54) is 82.7 Å². The van der Waals surface area contributed by atoms with Gasteiger partial charge in [-0.3, -0.25) is 4.90 Å². The highest BCUT2D eigenvalue weighted by Gasteiger charge is 2.26. The maximum atomic E-state index is 10.9. The van der Waals surface area contributed by atoms with Crippen LogP contribution in [0.4, 0.5) is 0 Å². The fraction of sp³-hybridized carbons (Fsp3) is 0.806. The predicted molar refractivity (Wildman–Crippen MR) is 147 cm³/mol. The van der Waals surface area contributed by atoms with Crippen molar-refractivity contribution in [3.8, 4) is 5.75 Å². The second kappa shape index (κ2) is 14.5. The number of aromatic hydroxyl groups is 1. The van der Waals surface area contributed by atoms with Crippen molar-refractivity contribution in [2.75, 3.05) is 32.8 Å². The third-order valence-corrected chi connectivity index (χ3v) is 7.33. The molecule has 1 heterocycles. The predicted octanol–water partition coefficient (Wildman–Crippen LogP) is 8.15. The van der Waals surface area contributed by atoms with Gasteiger partial charge in [0.05, 0.1) is 13.2 Å². The monoisotopic (exact) mass is 473 g/mol. The van der Waals surface area contributed by atoms with Crippen molar-refractivity contribution in [1.29, 1.82) is 0 Å². The van der Waals surface area contributed by atoms with Gasteiger partial charge in [-0.05, 0) is 53.3 Å². The molecule has 196 valence electrons. The lowest BCUT2D eigenvalue weighted by Gasteiger charge is -2.28. The molecule has 0 unspecified atom stereocenters. The van der Waals surface area contributed by atoms with Gasteiger partial charge in [0.1, 0.15) is 5.75 Å². The number of phenolic OH excluding ortho intramolecular Hbond substituents is 1. The van der Waals surface area contributed by atoms with Gasteiger partial charge < -0.3 is 9.84 Å². The molecule has 0 bridgehead atoms. The van der Waals surface area contributed by atoms with Crippen LogP contribution in [0.5, 0.6) is 5.75 Å². The van der Waals surface area contributed by atoms with Gasteiger partial charge in [0, 0.05) is 13.1 Å². The third kappa shape index (κ3) is 10.7. The Kier molecular flexibility index (Phi) is 12.4. The second-order valence-corrected chi connectivity index (χ2v) is 12.6. The van der Waals surface area contributed by atoms with E-state index in [-0.39, 0.29) is 10.8 Å². The number of unbranched alkanes of at least 4 members (excludes halogenated alkanes) is 10. The van der Waals surface area contributed by atoms with Crippen LogP contribution in [0.3, 0.4) is 0 Å². The molecular weight excluding hydrogens is 418 g/mol. The van der Waals surface area contributed by atoms with Crippen molar-refractivity contribution < 1.29 is 9.84 Å². The van der Waals surface area contributed by atoms with Crippen LogP contribution in [0.1, 0.15) is 129 Å². The van der Waals surface area contributed by atoms with Crippen LogP contribution in [0, 0.1) is 0 Å². The summed E-state index contributed by atoms with van der Waals surface area (Å²) in [7, 11) is 0. The highest BCUT2D eigenvalue weighted by atomic mass is 16.5. The Morgan fingerprint density at radius 3 is 1.53 bits per heavy atom. The number of rotatable bonds is 14. The van der Waals surface area contributed by atoms with Crippen LogP contribution >= 0.6 is 0 Å². The summed E-state index contributed by atoms with van der Waals surface area (Å²) in [5.74, 6) is 0.501. The molecule has 34 heavy (non-hydrogen) atoms. The summed E-state index contributed by atoms with van der Waals surface area (Å²) in [6.07, 6.45) is 16.2. The first-order valence-corrected chi connectivity index (χ1v) is 14.3. The van der Waals surface area contributed by atoms with Crippen LogP contribution in [-0.2, 0) is 22.0 Å². The Labute approximate surface area is 211 Å². The summed E-state index contributed by atoms with van der Waals surface area (Å²) in [5, 5.41) is 10.9. The molecule has 0 spiro atoms. The molecule has 1 aromatic carbocycles. The van der Waals surface area contributed by atoms with Crippen molar-refractivity contribution >= 4 is 0 Å². The average molecular weight is 474 g/mol. The molecule has 0 aliphatic carbocycles. The van der Waals surface area contributed by atoms with Gasteiger partial charge >= 0.3 is 0 Å². The summed E-state index contributed by atoms with van der Waals surface area (Å²) >= 11 is 0. The first kappa shape index (κ1) is 29.2. The molecule has 0 atom stereocenters. The fourth-order valence-electron chi connectivity index (χ4n) is 5.06. The van der Waals surface area contributed by atoms with Crippen molar-refractivity contribution in [3.63, 3.8) is 0 Å². The maximum absolute atomic E-state index is 10.9. The molecule has 3 nitrogen and oxygen atoms in total. The molecular formula is C31H55NO2. The minimum atomic E-state index is -0.0389. The number of morpholine rings is 1. The number of benzene rings is 1. The van der Waals surface area contributed by atoms with Gasteiger partial charge in [0.2, 0.25) is 0 Å².